The summed E-state index contributed by atoms with van der Waals surface area (Å²) in [7, 11) is 0. The van der Waals surface area contributed by atoms with Gasteiger partial charge in [0.25, 0.3) is 5.91 Å². The molecule has 1 N–H and O–H groups in total. The number of ether oxygens (including phenoxy) is 1. The molecule has 2 aromatic carbocycles. The van der Waals surface area contributed by atoms with Gasteiger partial charge in [0.1, 0.15) is 0 Å². The normalized spacial score (nSPS) is 10.2. The number of carbonyl (C=O) groups excluding carboxylic acids is 2. The van der Waals surface area contributed by atoms with E-state index in [0.29, 0.717) is 5.02 Å². The number of hydrogen-bond acceptors (Lipinski definition) is 3. The summed E-state index contributed by atoms with van der Waals surface area (Å²) in [6.07, 6.45) is 0. The van der Waals surface area contributed by atoms with Gasteiger partial charge in [-0.25, -0.2) is 4.79 Å². The SMILES string of the molecule is O=C(COC(=O)c1cccc(Cl)c1Cl)NCc1ccccc1Cl. The van der Waals surface area contributed by atoms with Crippen molar-refractivity contribution in [2.75, 3.05) is 6.61 Å². The molecule has 0 saturated heterocycles. The quantitative estimate of drug-likeness (QED) is 0.803. The van der Waals surface area contributed by atoms with Crippen LogP contribution in [0.3, 0.4) is 0 Å². The largest absolute Gasteiger partial charge is 0.452 e. The van der Waals surface area contributed by atoms with Crippen LogP contribution in [0.25, 0.3) is 0 Å². The van der Waals surface area contributed by atoms with E-state index in [1.54, 1.807) is 30.3 Å². The van der Waals surface area contributed by atoms with Crippen LogP contribution in [0.5, 0.6) is 0 Å². The molecular formula is C16H12Cl3NO3. The number of carbonyl (C=O) groups is 2. The zero-order valence-electron chi connectivity index (χ0n) is 11.8. The van der Waals surface area contributed by atoms with E-state index in [-0.39, 0.29) is 22.2 Å². The number of halogens is 3. The zero-order chi connectivity index (χ0) is 16.8. The molecule has 0 atom stereocenters. The Bertz CT molecular complexity index is 734. The third-order valence-electron chi connectivity index (χ3n) is 2.94. The van der Waals surface area contributed by atoms with Gasteiger partial charge < -0.3 is 10.1 Å². The molecule has 2 aromatic rings. The van der Waals surface area contributed by atoms with E-state index in [0.717, 1.165) is 5.56 Å². The number of amides is 1. The average molecular weight is 373 g/mol. The van der Waals surface area contributed by atoms with Gasteiger partial charge in [-0.3, -0.25) is 4.79 Å². The highest BCUT2D eigenvalue weighted by atomic mass is 35.5. The smallest absolute Gasteiger partial charge is 0.340 e. The maximum absolute atomic E-state index is 11.9. The van der Waals surface area contributed by atoms with E-state index < -0.39 is 18.5 Å². The van der Waals surface area contributed by atoms with Crippen LogP contribution in [0.2, 0.25) is 15.1 Å². The Labute approximate surface area is 148 Å². The van der Waals surface area contributed by atoms with Crippen LogP contribution >= 0.6 is 34.8 Å². The van der Waals surface area contributed by atoms with Crippen molar-refractivity contribution in [3.8, 4) is 0 Å². The fourth-order valence-corrected chi connectivity index (χ4v) is 2.34. The molecule has 1 amide bonds. The van der Waals surface area contributed by atoms with E-state index >= 15 is 0 Å². The van der Waals surface area contributed by atoms with Crippen molar-refractivity contribution in [3.63, 3.8) is 0 Å². The van der Waals surface area contributed by atoms with Crippen LogP contribution < -0.4 is 5.32 Å². The maximum Gasteiger partial charge on any atom is 0.340 e. The first-order valence-electron chi connectivity index (χ1n) is 6.60. The molecule has 0 spiro atoms. The first-order valence-corrected chi connectivity index (χ1v) is 7.73. The molecule has 0 radical (unpaired) electrons. The molecule has 0 aliphatic carbocycles. The number of nitrogens with one attached hydrogen (secondary N) is 1. The molecule has 0 heterocycles. The summed E-state index contributed by atoms with van der Waals surface area (Å²) in [4.78, 5) is 23.6. The van der Waals surface area contributed by atoms with Crippen molar-refractivity contribution in [1.82, 2.24) is 5.32 Å². The Morgan fingerprint density at radius 1 is 0.957 bits per heavy atom. The summed E-state index contributed by atoms with van der Waals surface area (Å²) < 4.78 is 4.92. The van der Waals surface area contributed by atoms with Crippen LogP contribution in [-0.4, -0.2) is 18.5 Å². The highest BCUT2D eigenvalue weighted by Crippen LogP contribution is 2.25. The van der Waals surface area contributed by atoms with Crippen molar-refractivity contribution >= 4 is 46.7 Å². The number of esters is 1. The highest BCUT2D eigenvalue weighted by molar-refractivity contribution is 6.43. The van der Waals surface area contributed by atoms with Crippen molar-refractivity contribution < 1.29 is 14.3 Å². The molecule has 0 unspecified atom stereocenters. The molecule has 23 heavy (non-hydrogen) atoms. The Kier molecular flexibility index (Phi) is 6.28. The molecule has 0 aliphatic rings. The first-order chi connectivity index (χ1) is 11.0. The number of hydrogen-bond donors (Lipinski definition) is 1. The minimum absolute atomic E-state index is 0.0932. The summed E-state index contributed by atoms with van der Waals surface area (Å²) in [5.74, 6) is -1.16. The number of rotatable bonds is 5. The van der Waals surface area contributed by atoms with Crippen molar-refractivity contribution in [2.45, 2.75) is 6.54 Å². The van der Waals surface area contributed by atoms with E-state index in [1.807, 2.05) is 6.07 Å². The monoisotopic (exact) mass is 371 g/mol. The standard InChI is InChI=1S/C16H12Cl3NO3/c17-12-6-2-1-4-10(12)8-20-14(21)9-23-16(22)11-5-3-7-13(18)15(11)19/h1-7H,8-9H2,(H,20,21). The van der Waals surface area contributed by atoms with Gasteiger partial charge in [-0.1, -0.05) is 59.1 Å². The van der Waals surface area contributed by atoms with E-state index in [4.69, 9.17) is 39.5 Å². The van der Waals surface area contributed by atoms with Gasteiger partial charge in [-0.05, 0) is 23.8 Å². The van der Waals surface area contributed by atoms with Gasteiger partial charge in [0.15, 0.2) is 6.61 Å². The molecule has 0 fully saturated rings. The lowest BCUT2D eigenvalue weighted by atomic mass is 10.2. The van der Waals surface area contributed by atoms with Crippen LogP contribution in [0.4, 0.5) is 0 Å². The van der Waals surface area contributed by atoms with Crippen molar-refractivity contribution in [2.24, 2.45) is 0 Å². The van der Waals surface area contributed by atoms with Crippen molar-refractivity contribution in [3.05, 3.63) is 68.7 Å². The van der Waals surface area contributed by atoms with Gasteiger partial charge in [-0.2, -0.15) is 0 Å². The minimum atomic E-state index is -0.717. The van der Waals surface area contributed by atoms with Crippen LogP contribution in [-0.2, 0) is 16.1 Å². The summed E-state index contributed by atoms with van der Waals surface area (Å²) in [6, 6.07) is 11.7. The Morgan fingerprint density at radius 3 is 2.39 bits per heavy atom. The zero-order valence-corrected chi connectivity index (χ0v) is 14.1. The molecule has 2 rings (SSSR count). The maximum atomic E-state index is 11.9. The third-order valence-corrected chi connectivity index (χ3v) is 4.13. The van der Waals surface area contributed by atoms with Gasteiger partial charge in [-0.15, -0.1) is 0 Å². The highest BCUT2D eigenvalue weighted by Gasteiger charge is 2.15. The topological polar surface area (TPSA) is 55.4 Å². The summed E-state index contributed by atoms with van der Waals surface area (Å²) in [5.41, 5.74) is 0.879. The van der Waals surface area contributed by atoms with E-state index in [9.17, 15) is 9.59 Å². The molecule has 0 bridgehead atoms. The fraction of sp³-hybridized carbons (Fsp3) is 0.125. The predicted octanol–water partition coefficient (Wildman–Crippen LogP) is 4.12. The molecular weight excluding hydrogens is 361 g/mol. The Morgan fingerprint density at radius 2 is 1.65 bits per heavy atom. The fourth-order valence-electron chi connectivity index (χ4n) is 1.76. The Balaban J connectivity index is 1.86. The van der Waals surface area contributed by atoms with Crippen LogP contribution in [0.15, 0.2) is 42.5 Å². The average Bonchev–Trinajstić information content (AvgIpc) is 2.54. The third kappa shape index (κ3) is 4.86. The second kappa shape index (κ2) is 8.20. The minimum Gasteiger partial charge on any atom is -0.452 e. The lowest BCUT2D eigenvalue weighted by Crippen LogP contribution is -2.28. The first kappa shape index (κ1) is 17.6. The molecule has 4 nitrogen and oxygen atoms in total. The summed E-state index contributed by atoms with van der Waals surface area (Å²) >= 11 is 17.7. The van der Waals surface area contributed by atoms with Gasteiger partial charge in [0, 0.05) is 11.6 Å². The number of benzene rings is 2. The molecule has 0 aromatic heterocycles. The van der Waals surface area contributed by atoms with Crippen LogP contribution in [0.1, 0.15) is 15.9 Å². The van der Waals surface area contributed by atoms with Gasteiger partial charge in [0.2, 0.25) is 0 Å². The van der Waals surface area contributed by atoms with E-state index in [2.05, 4.69) is 5.32 Å². The lowest BCUT2D eigenvalue weighted by molar-refractivity contribution is -0.124. The van der Waals surface area contributed by atoms with Crippen LogP contribution in [0, 0.1) is 0 Å². The second-order valence-electron chi connectivity index (χ2n) is 4.55. The Hall–Kier alpha value is -1.75. The predicted molar refractivity (Wildman–Crippen MR) is 90.0 cm³/mol. The lowest BCUT2D eigenvalue weighted by Gasteiger charge is -2.09. The molecule has 120 valence electrons. The molecule has 7 heteroatoms. The van der Waals surface area contributed by atoms with Gasteiger partial charge >= 0.3 is 5.97 Å². The molecule has 0 aliphatic heterocycles. The second-order valence-corrected chi connectivity index (χ2v) is 5.74. The summed E-state index contributed by atoms with van der Waals surface area (Å²) in [5, 5.41) is 3.50. The summed E-state index contributed by atoms with van der Waals surface area (Å²) in [6.45, 7) is -0.180. The van der Waals surface area contributed by atoms with Gasteiger partial charge in [0.05, 0.1) is 15.6 Å². The molecule has 0 saturated carbocycles. The van der Waals surface area contributed by atoms with E-state index in [1.165, 1.54) is 6.07 Å². The van der Waals surface area contributed by atoms with Crippen molar-refractivity contribution in [1.29, 1.82) is 0 Å².